The predicted molar refractivity (Wildman–Crippen MR) is 86.1 cm³/mol. The summed E-state index contributed by atoms with van der Waals surface area (Å²) in [5, 5.41) is 6.33. The highest BCUT2D eigenvalue weighted by Crippen LogP contribution is 2.28. The summed E-state index contributed by atoms with van der Waals surface area (Å²) in [6, 6.07) is 4.72. The number of halogens is 2. The van der Waals surface area contributed by atoms with Gasteiger partial charge in [-0.25, -0.2) is 0 Å². The van der Waals surface area contributed by atoms with Crippen LogP contribution in [-0.2, 0) is 4.79 Å². The Bertz CT molecular complexity index is 543. The summed E-state index contributed by atoms with van der Waals surface area (Å²) in [5.41, 5.74) is 5.53. The zero-order valence-corrected chi connectivity index (χ0v) is 13.3. The Morgan fingerprint density at radius 1 is 1.43 bits per heavy atom. The number of carbonyl (C=O) groups is 2. The van der Waals surface area contributed by atoms with Gasteiger partial charge in [0.25, 0.3) is 0 Å². The molecule has 116 valence electrons. The molecule has 2 rings (SSSR count). The van der Waals surface area contributed by atoms with Gasteiger partial charge in [0.2, 0.25) is 11.8 Å². The minimum Gasteiger partial charge on any atom is -0.366 e. The monoisotopic (exact) mass is 331 g/mol. The lowest BCUT2D eigenvalue weighted by atomic mass is 9.82. The van der Waals surface area contributed by atoms with E-state index in [4.69, 9.17) is 17.3 Å². The lowest BCUT2D eigenvalue weighted by molar-refractivity contribution is -0.125. The molecule has 21 heavy (non-hydrogen) atoms. The first-order chi connectivity index (χ1) is 9.42. The normalized spacial score (nSPS) is 21.2. The fraction of sp³-hybridized carbons (Fsp3) is 0.429. The molecule has 1 fully saturated rings. The first kappa shape index (κ1) is 17.8. The van der Waals surface area contributed by atoms with Crippen LogP contribution >= 0.6 is 24.0 Å². The molecule has 2 amide bonds. The van der Waals surface area contributed by atoms with E-state index >= 15 is 0 Å². The van der Waals surface area contributed by atoms with Gasteiger partial charge < -0.3 is 16.4 Å². The number of nitrogens with two attached hydrogens (primary N) is 1. The largest absolute Gasteiger partial charge is 0.366 e. The van der Waals surface area contributed by atoms with E-state index in [0.717, 1.165) is 19.4 Å². The molecule has 1 aromatic rings. The standard InChI is InChI=1S/C14H18ClN3O2.ClH/c1-14(5-2-6-17-8-14)13(20)18-9-3-4-11(15)10(7-9)12(16)19;/h3-4,7,17H,2,5-6,8H2,1H3,(H2,16,19)(H,18,20);1H. The quantitative estimate of drug-likeness (QED) is 0.793. The number of amides is 2. The molecule has 4 N–H and O–H groups in total. The van der Waals surface area contributed by atoms with Crippen molar-refractivity contribution in [2.75, 3.05) is 18.4 Å². The number of primary amides is 1. The molecule has 1 aliphatic rings. The Balaban J connectivity index is 0.00000220. The Labute approximate surface area is 135 Å². The van der Waals surface area contributed by atoms with Crippen molar-refractivity contribution in [3.8, 4) is 0 Å². The average molecular weight is 332 g/mol. The molecule has 0 aliphatic carbocycles. The van der Waals surface area contributed by atoms with E-state index in [9.17, 15) is 9.59 Å². The maximum atomic E-state index is 12.4. The molecule has 1 atom stereocenters. The number of benzene rings is 1. The van der Waals surface area contributed by atoms with Crippen molar-refractivity contribution in [2.24, 2.45) is 11.1 Å². The Morgan fingerprint density at radius 2 is 2.14 bits per heavy atom. The minimum atomic E-state index is -0.614. The van der Waals surface area contributed by atoms with Gasteiger partial charge in [0.15, 0.2) is 0 Å². The first-order valence-electron chi connectivity index (χ1n) is 6.54. The fourth-order valence-corrected chi connectivity index (χ4v) is 2.53. The van der Waals surface area contributed by atoms with Crippen LogP contribution in [0.3, 0.4) is 0 Å². The summed E-state index contributed by atoms with van der Waals surface area (Å²) in [6.07, 6.45) is 1.80. The van der Waals surface area contributed by atoms with Gasteiger partial charge in [-0.1, -0.05) is 11.6 Å². The van der Waals surface area contributed by atoms with E-state index in [1.807, 2.05) is 6.92 Å². The van der Waals surface area contributed by atoms with Crippen LogP contribution in [0.15, 0.2) is 18.2 Å². The highest BCUT2D eigenvalue weighted by molar-refractivity contribution is 6.34. The second-order valence-electron chi connectivity index (χ2n) is 5.35. The van der Waals surface area contributed by atoms with Crippen LogP contribution in [0.4, 0.5) is 5.69 Å². The molecule has 1 aliphatic heterocycles. The van der Waals surface area contributed by atoms with E-state index < -0.39 is 11.3 Å². The van der Waals surface area contributed by atoms with Gasteiger partial charge in [0, 0.05) is 12.2 Å². The van der Waals surface area contributed by atoms with Crippen LogP contribution in [0.5, 0.6) is 0 Å². The van der Waals surface area contributed by atoms with Crippen molar-refractivity contribution >= 4 is 41.5 Å². The number of hydrogen-bond donors (Lipinski definition) is 3. The number of anilines is 1. The van der Waals surface area contributed by atoms with E-state index in [1.54, 1.807) is 12.1 Å². The van der Waals surface area contributed by atoms with Crippen molar-refractivity contribution < 1.29 is 9.59 Å². The molecule has 1 saturated heterocycles. The summed E-state index contributed by atoms with van der Waals surface area (Å²) in [6.45, 7) is 3.52. The van der Waals surface area contributed by atoms with Crippen LogP contribution in [-0.4, -0.2) is 24.9 Å². The number of carbonyl (C=O) groups excluding carboxylic acids is 2. The summed E-state index contributed by atoms with van der Waals surface area (Å²) < 4.78 is 0. The van der Waals surface area contributed by atoms with Crippen molar-refractivity contribution in [1.82, 2.24) is 5.32 Å². The third-order valence-corrected chi connectivity index (χ3v) is 3.96. The highest BCUT2D eigenvalue weighted by atomic mass is 35.5. The maximum Gasteiger partial charge on any atom is 0.250 e. The van der Waals surface area contributed by atoms with E-state index in [1.165, 1.54) is 6.07 Å². The smallest absolute Gasteiger partial charge is 0.250 e. The second-order valence-corrected chi connectivity index (χ2v) is 5.76. The van der Waals surface area contributed by atoms with Crippen LogP contribution in [0, 0.1) is 5.41 Å². The van der Waals surface area contributed by atoms with Gasteiger partial charge in [0.05, 0.1) is 16.0 Å². The highest BCUT2D eigenvalue weighted by Gasteiger charge is 2.34. The zero-order valence-electron chi connectivity index (χ0n) is 11.7. The van der Waals surface area contributed by atoms with Crippen LogP contribution in [0.25, 0.3) is 0 Å². The molecule has 1 heterocycles. The molecule has 1 aromatic carbocycles. The van der Waals surface area contributed by atoms with Gasteiger partial charge in [0.1, 0.15) is 0 Å². The number of hydrogen-bond acceptors (Lipinski definition) is 3. The Kier molecular flexibility index (Phi) is 6.01. The molecule has 0 saturated carbocycles. The van der Waals surface area contributed by atoms with Gasteiger partial charge in [-0.2, -0.15) is 0 Å². The number of rotatable bonds is 3. The van der Waals surface area contributed by atoms with Crippen LogP contribution in [0.2, 0.25) is 5.02 Å². The Morgan fingerprint density at radius 3 is 2.71 bits per heavy atom. The third kappa shape index (κ3) is 4.09. The molecule has 0 bridgehead atoms. The molecular weight excluding hydrogens is 313 g/mol. The molecule has 0 spiro atoms. The van der Waals surface area contributed by atoms with Crippen molar-refractivity contribution in [2.45, 2.75) is 19.8 Å². The van der Waals surface area contributed by atoms with Gasteiger partial charge in [-0.15, -0.1) is 12.4 Å². The van der Waals surface area contributed by atoms with E-state index in [2.05, 4.69) is 10.6 Å². The molecular formula is C14H19Cl2N3O2. The van der Waals surface area contributed by atoms with E-state index in [0.29, 0.717) is 12.2 Å². The van der Waals surface area contributed by atoms with Crippen molar-refractivity contribution in [3.05, 3.63) is 28.8 Å². The topological polar surface area (TPSA) is 84.2 Å². The molecule has 1 unspecified atom stereocenters. The van der Waals surface area contributed by atoms with Gasteiger partial charge in [-0.3, -0.25) is 9.59 Å². The summed E-state index contributed by atoms with van der Waals surface area (Å²) >= 11 is 5.88. The van der Waals surface area contributed by atoms with Crippen molar-refractivity contribution in [1.29, 1.82) is 0 Å². The number of piperidine rings is 1. The van der Waals surface area contributed by atoms with Gasteiger partial charge >= 0.3 is 0 Å². The lowest BCUT2D eigenvalue weighted by Crippen LogP contribution is -2.46. The average Bonchev–Trinajstić information content (AvgIpc) is 2.41. The van der Waals surface area contributed by atoms with Crippen LogP contribution in [0.1, 0.15) is 30.1 Å². The summed E-state index contributed by atoms with van der Waals surface area (Å²) in [4.78, 5) is 23.6. The second kappa shape index (κ2) is 7.11. The lowest BCUT2D eigenvalue weighted by Gasteiger charge is -2.32. The Hall–Kier alpha value is -1.30. The predicted octanol–water partition coefficient (Wildman–Crippen LogP) is 2.19. The fourth-order valence-electron chi connectivity index (χ4n) is 2.32. The maximum absolute atomic E-state index is 12.4. The van der Waals surface area contributed by atoms with Crippen LogP contribution < -0.4 is 16.4 Å². The van der Waals surface area contributed by atoms with Gasteiger partial charge in [-0.05, 0) is 44.5 Å². The third-order valence-electron chi connectivity index (χ3n) is 3.64. The first-order valence-corrected chi connectivity index (χ1v) is 6.92. The summed E-state index contributed by atoms with van der Waals surface area (Å²) in [5.74, 6) is -0.681. The zero-order chi connectivity index (χ0) is 14.8. The minimum absolute atomic E-state index is 0. The molecule has 0 aromatic heterocycles. The molecule has 7 heteroatoms. The van der Waals surface area contributed by atoms with Crippen molar-refractivity contribution in [3.63, 3.8) is 0 Å². The molecule has 0 radical (unpaired) electrons. The molecule has 5 nitrogen and oxygen atoms in total. The van der Waals surface area contributed by atoms with E-state index in [-0.39, 0.29) is 28.9 Å². The SMILES string of the molecule is CC1(C(=O)Nc2ccc(Cl)c(C(N)=O)c2)CCCNC1.Cl. The summed E-state index contributed by atoms with van der Waals surface area (Å²) in [7, 11) is 0. The number of nitrogens with one attached hydrogen (secondary N) is 2.